The van der Waals surface area contributed by atoms with Crippen LogP contribution in [0.1, 0.15) is 38.2 Å². The number of nitrogens with one attached hydrogen (secondary N) is 1. The van der Waals surface area contributed by atoms with Crippen LogP contribution in [0.4, 0.5) is 0 Å². The van der Waals surface area contributed by atoms with E-state index in [0.29, 0.717) is 24.8 Å². The molecule has 150 valence electrons. The maximum atomic E-state index is 12.6. The Balaban J connectivity index is 1.51. The summed E-state index contributed by atoms with van der Waals surface area (Å²) in [5, 5.41) is 0. The largest absolute Gasteiger partial charge is 0.381 e. The van der Waals surface area contributed by atoms with Crippen LogP contribution in [0.25, 0.3) is 0 Å². The van der Waals surface area contributed by atoms with Gasteiger partial charge in [0.1, 0.15) is 0 Å². The molecule has 3 rings (SSSR count). The van der Waals surface area contributed by atoms with E-state index in [1.165, 1.54) is 6.42 Å². The minimum absolute atomic E-state index is 0.121. The number of benzene rings is 1. The number of amides is 1. The Kier molecular flexibility index (Phi) is 6.89. The molecule has 0 radical (unpaired) electrons. The Morgan fingerprint density at radius 3 is 2.44 bits per heavy atom. The van der Waals surface area contributed by atoms with Crippen LogP contribution < -0.4 is 4.72 Å². The van der Waals surface area contributed by atoms with E-state index in [1.807, 2.05) is 4.90 Å². The molecule has 27 heavy (non-hydrogen) atoms. The summed E-state index contributed by atoms with van der Waals surface area (Å²) < 4.78 is 32.0. The van der Waals surface area contributed by atoms with E-state index in [9.17, 15) is 13.2 Å². The second kappa shape index (κ2) is 9.17. The molecule has 2 saturated heterocycles. The van der Waals surface area contributed by atoms with Crippen molar-refractivity contribution in [3.8, 4) is 0 Å². The number of carbonyl (C=O) groups is 1. The highest BCUT2D eigenvalue weighted by Crippen LogP contribution is 2.30. The van der Waals surface area contributed by atoms with Crippen molar-refractivity contribution in [3.05, 3.63) is 29.8 Å². The lowest BCUT2D eigenvalue weighted by atomic mass is 9.81. The molecule has 7 heteroatoms. The van der Waals surface area contributed by atoms with Crippen molar-refractivity contribution in [1.82, 2.24) is 9.62 Å². The lowest BCUT2D eigenvalue weighted by Crippen LogP contribution is -2.42. The molecule has 1 aromatic carbocycles. The van der Waals surface area contributed by atoms with Crippen molar-refractivity contribution < 1.29 is 17.9 Å². The van der Waals surface area contributed by atoms with Gasteiger partial charge in [0.25, 0.3) is 0 Å². The third-order valence-electron chi connectivity index (χ3n) is 5.68. The van der Waals surface area contributed by atoms with Crippen molar-refractivity contribution in [1.29, 1.82) is 0 Å². The highest BCUT2D eigenvalue weighted by Gasteiger charge is 2.29. The Hall–Kier alpha value is -1.44. The molecule has 2 heterocycles. The topological polar surface area (TPSA) is 75.7 Å². The lowest BCUT2D eigenvalue weighted by molar-refractivity contribution is -0.132. The van der Waals surface area contributed by atoms with E-state index in [2.05, 4.69) is 4.72 Å². The van der Waals surface area contributed by atoms with Gasteiger partial charge < -0.3 is 9.64 Å². The minimum Gasteiger partial charge on any atom is -0.381 e. The van der Waals surface area contributed by atoms with Gasteiger partial charge in [0, 0.05) is 32.8 Å². The summed E-state index contributed by atoms with van der Waals surface area (Å²) in [5.74, 6) is 1.45. The van der Waals surface area contributed by atoms with Gasteiger partial charge in [0.05, 0.1) is 11.3 Å². The summed E-state index contributed by atoms with van der Waals surface area (Å²) in [4.78, 5) is 14.8. The Morgan fingerprint density at radius 2 is 1.85 bits per heavy atom. The van der Waals surface area contributed by atoms with Crippen LogP contribution in [0, 0.1) is 11.8 Å². The fourth-order valence-corrected chi connectivity index (χ4v) is 5.15. The molecule has 6 nitrogen and oxygen atoms in total. The first-order chi connectivity index (χ1) is 13.0. The van der Waals surface area contributed by atoms with Crippen molar-refractivity contribution in [2.24, 2.45) is 11.8 Å². The molecule has 2 aliphatic rings. The molecule has 1 amide bonds. The van der Waals surface area contributed by atoms with Crippen LogP contribution in [0.15, 0.2) is 29.2 Å². The summed E-state index contributed by atoms with van der Waals surface area (Å²) in [6, 6.07) is 6.59. The summed E-state index contributed by atoms with van der Waals surface area (Å²) in [6.45, 7) is 5.49. The van der Waals surface area contributed by atoms with Crippen molar-refractivity contribution in [2.45, 2.75) is 43.9 Å². The van der Waals surface area contributed by atoms with Gasteiger partial charge in [0.15, 0.2) is 0 Å². The molecule has 0 bridgehead atoms. The van der Waals surface area contributed by atoms with Crippen LogP contribution in [0.3, 0.4) is 0 Å². The summed E-state index contributed by atoms with van der Waals surface area (Å²) >= 11 is 0. The molecule has 0 saturated carbocycles. The third kappa shape index (κ3) is 5.30. The zero-order valence-corrected chi connectivity index (χ0v) is 16.8. The monoisotopic (exact) mass is 394 g/mol. The van der Waals surface area contributed by atoms with Gasteiger partial charge in [-0.25, -0.2) is 13.1 Å². The molecule has 1 unspecified atom stereocenters. The maximum Gasteiger partial charge on any atom is 0.240 e. The van der Waals surface area contributed by atoms with E-state index in [1.54, 1.807) is 31.2 Å². The highest BCUT2D eigenvalue weighted by atomic mass is 32.2. The molecule has 1 N–H and O–H groups in total. The van der Waals surface area contributed by atoms with Crippen LogP contribution >= 0.6 is 0 Å². The number of rotatable bonds is 6. The van der Waals surface area contributed by atoms with Crippen LogP contribution in [0.5, 0.6) is 0 Å². The lowest BCUT2D eigenvalue weighted by Gasteiger charge is -2.37. The number of nitrogens with zero attached hydrogens (tertiary/aromatic N) is 1. The predicted octanol–water partition coefficient (Wildman–Crippen LogP) is 2.19. The van der Waals surface area contributed by atoms with E-state index in [-0.39, 0.29) is 10.8 Å². The number of piperidine rings is 1. The Bertz CT molecular complexity index is 719. The number of hydrogen-bond donors (Lipinski definition) is 1. The first-order valence-corrected chi connectivity index (χ1v) is 11.4. The summed E-state index contributed by atoms with van der Waals surface area (Å²) in [6.07, 6.45) is 4.84. The third-order valence-corrected chi connectivity index (χ3v) is 7.24. The minimum atomic E-state index is -3.45. The van der Waals surface area contributed by atoms with Crippen LogP contribution in [0.2, 0.25) is 0 Å². The second-order valence-corrected chi connectivity index (χ2v) is 9.28. The quantitative estimate of drug-likeness (QED) is 0.803. The summed E-state index contributed by atoms with van der Waals surface area (Å²) in [5.41, 5.74) is 0.846. The molecule has 2 aliphatic heterocycles. The first kappa shape index (κ1) is 20.3. The zero-order valence-electron chi connectivity index (χ0n) is 16.0. The molecule has 1 atom stereocenters. The second-order valence-electron chi connectivity index (χ2n) is 7.52. The predicted molar refractivity (Wildman–Crippen MR) is 104 cm³/mol. The smallest absolute Gasteiger partial charge is 0.240 e. The van der Waals surface area contributed by atoms with Crippen molar-refractivity contribution in [2.75, 3.05) is 32.8 Å². The summed E-state index contributed by atoms with van der Waals surface area (Å²) in [7, 11) is -3.45. The molecule has 0 aliphatic carbocycles. The van der Waals surface area contributed by atoms with Gasteiger partial charge in [0.2, 0.25) is 15.9 Å². The van der Waals surface area contributed by atoms with E-state index >= 15 is 0 Å². The molecular weight excluding hydrogens is 364 g/mol. The van der Waals surface area contributed by atoms with Gasteiger partial charge >= 0.3 is 0 Å². The van der Waals surface area contributed by atoms with Crippen molar-refractivity contribution >= 4 is 15.9 Å². The first-order valence-electron chi connectivity index (χ1n) is 9.93. The molecule has 0 spiro atoms. The fourth-order valence-electron chi connectivity index (χ4n) is 4.10. The van der Waals surface area contributed by atoms with Gasteiger partial charge in [-0.15, -0.1) is 0 Å². The number of sulfonamides is 1. The standard InChI is InChI=1S/C20H30N2O4S/c1-2-21-27(24,25)19-7-5-16(6-8-19)14-20(23)22-11-9-17(10-12-22)18-4-3-13-26-15-18/h5-8,17-18,21H,2-4,9-15H2,1H3. The van der Waals surface area contributed by atoms with Crippen LogP contribution in [-0.2, 0) is 26.0 Å². The van der Waals surface area contributed by atoms with Gasteiger partial charge in [-0.05, 0) is 55.2 Å². The maximum absolute atomic E-state index is 12.6. The van der Waals surface area contributed by atoms with E-state index in [0.717, 1.165) is 51.1 Å². The average Bonchev–Trinajstić information content (AvgIpc) is 2.69. The molecule has 0 aromatic heterocycles. The fraction of sp³-hybridized carbons (Fsp3) is 0.650. The van der Waals surface area contributed by atoms with Crippen LogP contribution in [-0.4, -0.2) is 52.1 Å². The normalized spacial score (nSPS) is 22.0. The highest BCUT2D eigenvalue weighted by molar-refractivity contribution is 7.89. The van der Waals surface area contributed by atoms with Gasteiger partial charge in [-0.1, -0.05) is 19.1 Å². The van der Waals surface area contributed by atoms with Gasteiger partial charge in [-0.2, -0.15) is 0 Å². The van der Waals surface area contributed by atoms with E-state index < -0.39 is 10.0 Å². The number of carbonyl (C=O) groups excluding carboxylic acids is 1. The zero-order chi connectivity index (χ0) is 19.3. The van der Waals surface area contributed by atoms with Gasteiger partial charge in [-0.3, -0.25) is 4.79 Å². The number of hydrogen-bond acceptors (Lipinski definition) is 4. The number of likely N-dealkylation sites (tertiary alicyclic amines) is 1. The Labute approximate surface area is 162 Å². The molecule has 1 aromatic rings. The van der Waals surface area contributed by atoms with Crippen molar-refractivity contribution in [3.63, 3.8) is 0 Å². The molecule has 2 fully saturated rings. The molecular formula is C20H30N2O4S. The average molecular weight is 395 g/mol. The van der Waals surface area contributed by atoms with E-state index in [4.69, 9.17) is 4.74 Å². The Morgan fingerprint density at radius 1 is 1.15 bits per heavy atom. The number of ether oxygens (including phenoxy) is 1. The SMILES string of the molecule is CCNS(=O)(=O)c1ccc(CC(=O)N2CCC(C3CCCOC3)CC2)cc1.